The van der Waals surface area contributed by atoms with Crippen LogP contribution in [0.5, 0.6) is 5.75 Å². The third-order valence-corrected chi connectivity index (χ3v) is 4.35. The van der Waals surface area contributed by atoms with Gasteiger partial charge in [-0.05, 0) is 25.2 Å². The molecule has 1 aromatic carbocycles. The Labute approximate surface area is 123 Å². The average molecular weight is 310 g/mol. The van der Waals surface area contributed by atoms with Gasteiger partial charge < -0.3 is 10.1 Å². The number of hydrogen-bond donors (Lipinski definition) is 3. The maximum Gasteiger partial charge on any atom is 0.240 e. The zero-order valence-electron chi connectivity index (χ0n) is 11.9. The SMILES string of the molecule is CNCc1cc(S(=O)(=O)NCc2cn[nH]c2)ccc1OC. The number of nitrogens with zero attached hydrogens (tertiary/aromatic N) is 1. The first kappa shape index (κ1) is 15.5. The first-order chi connectivity index (χ1) is 10.1. The van der Waals surface area contributed by atoms with Crippen molar-refractivity contribution in [2.45, 2.75) is 18.0 Å². The standard InChI is InChI=1S/C13H18N4O3S/c1-14-9-11-5-12(3-4-13(11)20-2)21(18,19)17-8-10-6-15-16-7-10/h3-7,14,17H,8-9H2,1-2H3,(H,15,16). The van der Waals surface area contributed by atoms with Crippen molar-refractivity contribution in [3.05, 3.63) is 41.7 Å². The second-order valence-corrected chi connectivity index (χ2v) is 6.20. The molecule has 0 unspecified atom stereocenters. The van der Waals surface area contributed by atoms with Gasteiger partial charge in [-0.15, -0.1) is 0 Å². The molecule has 0 bridgehead atoms. The van der Waals surface area contributed by atoms with Gasteiger partial charge in [0.2, 0.25) is 10.0 Å². The van der Waals surface area contributed by atoms with E-state index in [2.05, 4.69) is 20.2 Å². The maximum atomic E-state index is 12.3. The van der Waals surface area contributed by atoms with E-state index in [-0.39, 0.29) is 11.4 Å². The molecular formula is C13H18N4O3S. The predicted octanol–water partition coefficient (Wildman–Crippen LogP) is 0.616. The smallest absolute Gasteiger partial charge is 0.240 e. The molecule has 114 valence electrons. The second-order valence-electron chi connectivity index (χ2n) is 4.44. The number of hydrogen-bond acceptors (Lipinski definition) is 5. The highest BCUT2D eigenvalue weighted by molar-refractivity contribution is 7.89. The molecule has 3 N–H and O–H groups in total. The summed E-state index contributed by atoms with van der Waals surface area (Å²) in [5.74, 6) is 0.651. The van der Waals surface area contributed by atoms with Crippen molar-refractivity contribution in [3.8, 4) is 5.75 Å². The molecule has 0 amide bonds. The van der Waals surface area contributed by atoms with Crippen molar-refractivity contribution in [3.63, 3.8) is 0 Å². The van der Waals surface area contributed by atoms with Crippen molar-refractivity contribution in [1.82, 2.24) is 20.2 Å². The summed E-state index contributed by atoms with van der Waals surface area (Å²) in [7, 11) is -0.232. The van der Waals surface area contributed by atoms with Crippen LogP contribution in [0, 0.1) is 0 Å². The lowest BCUT2D eigenvalue weighted by Crippen LogP contribution is -2.23. The molecule has 8 heteroatoms. The van der Waals surface area contributed by atoms with Crippen LogP contribution in [-0.2, 0) is 23.1 Å². The first-order valence-corrected chi connectivity index (χ1v) is 7.84. The number of methoxy groups -OCH3 is 1. The van der Waals surface area contributed by atoms with Gasteiger partial charge >= 0.3 is 0 Å². The molecule has 0 fully saturated rings. The van der Waals surface area contributed by atoms with Gasteiger partial charge in [0.25, 0.3) is 0 Å². The molecule has 0 radical (unpaired) electrons. The topological polar surface area (TPSA) is 96.1 Å². The van der Waals surface area contributed by atoms with Crippen LogP contribution in [0.2, 0.25) is 0 Å². The number of aromatic amines is 1. The van der Waals surface area contributed by atoms with Crippen LogP contribution < -0.4 is 14.8 Å². The molecule has 21 heavy (non-hydrogen) atoms. The summed E-state index contributed by atoms with van der Waals surface area (Å²) in [4.78, 5) is 0.206. The van der Waals surface area contributed by atoms with Gasteiger partial charge in [0.15, 0.2) is 0 Å². The summed E-state index contributed by atoms with van der Waals surface area (Å²) in [5.41, 5.74) is 1.55. The molecule has 0 saturated heterocycles. The Morgan fingerprint density at radius 2 is 2.14 bits per heavy atom. The number of rotatable bonds is 7. The van der Waals surface area contributed by atoms with Crippen LogP contribution in [0.4, 0.5) is 0 Å². The van der Waals surface area contributed by atoms with E-state index in [1.54, 1.807) is 38.7 Å². The molecule has 0 spiro atoms. The number of benzene rings is 1. The van der Waals surface area contributed by atoms with E-state index in [1.807, 2.05) is 0 Å². The number of nitrogens with one attached hydrogen (secondary N) is 3. The summed E-state index contributed by atoms with van der Waals surface area (Å²) in [6.45, 7) is 0.709. The summed E-state index contributed by atoms with van der Waals surface area (Å²) in [5, 5.41) is 9.39. The van der Waals surface area contributed by atoms with Crippen LogP contribution in [-0.4, -0.2) is 32.8 Å². The fourth-order valence-corrected chi connectivity index (χ4v) is 2.95. The molecule has 0 aliphatic heterocycles. The minimum Gasteiger partial charge on any atom is -0.496 e. The number of sulfonamides is 1. The first-order valence-electron chi connectivity index (χ1n) is 6.35. The van der Waals surface area contributed by atoms with Gasteiger partial charge in [-0.1, -0.05) is 0 Å². The molecule has 0 aliphatic carbocycles. The third kappa shape index (κ3) is 3.81. The van der Waals surface area contributed by atoms with Crippen LogP contribution in [0.3, 0.4) is 0 Å². The summed E-state index contributed by atoms with van der Waals surface area (Å²) < 4.78 is 32.3. The fraction of sp³-hybridized carbons (Fsp3) is 0.308. The van der Waals surface area contributed by atoms with Crippen LogP contribution in [0.15, 0.2) is 35.5 Å². The predicted molar refractivity (Wildman–Crippen MR) is 78.4 cm³/mol. The number of aromatic nitrogens is 2. The van der Waals surface area contributed by atoms with Gasteiger partial charge in [-0.2, -0.15) is 5.10 Å². The van der Waals surface area contributed by atoms with Crippen molar-refractivity contribution in [1.29, 1.82) is 0 Å². The monoisotopic (exact) mass is 310 g/mol. The Bertz CT molecular complexity index is 683. The largest absolute Gasteiger partial charge is 0.496 e. The van der Waals surface area contributed by atoms with E-state index >= 15 is 0 Å². The van der Waals surface area contributed by atoms with Gasteiger partial charge in [-0.25, -0.2) is 13.1 Å². The lowest BCUT2D eigenvalue weighted by atomic mass is 10.2. The van der Waals surface area contributed by atoms with E-state index in [9.17, 15) is 8.42 Å². The van der Waals surface area contributed by atoms with Crippen molar-refractivity contribution in [2.24, 2.45) is 0 Å². The number of ether oxygens (including phenoxy) is 1. The lowest BCUT2D eigenvalue weighted by molar-refractivity contribution is 0.408. The Morgan fingerprint density at radius 1 is 1.33 bits per heavy atom. The fourth-order valence-electron chi connectivity index (χ4n) is 1.89. The molecule has 1 aromatic heterocycles. The number of H-pyrrole nitrogens is 1. The molecule has 0 atom stereocenters. The Hall–Kier alpha value is -1.90. The highest BCUT2D eigenvalue weighted by Gasteiger charge is 2.16. The van der Waals surface area contributed by atoms with Crippen LogP contribution in [0.25, 0.3) is 0 Å². The van der Waals surface area contributed by atoms with E-state index < -0.39 is 10.0 Å². The molecular weight excluding hydrogens is 292 g/mol. The van der Waals surface area contributed by atoms with Gasteiger partial charge in [-0.3, -0.25) is 5.10 Å². The minimum absolute atomic E-state index is 0.187. The Kier molecular flexibility index (Phi) is 4.94. The molecule has 2 aromatic rings. The minimum atomic E-state index is -3.58. The zero-order chi connectivity index (χ0) is 15.3. The third-order valence-electron chi connectivity index (χ3n) is 2.95. The zero-order valence-corrected chi connectivity index (χ0v) is 12.7. The Morgan fingerprint density at radius 3 is 2.76 bits per heavy atom. The van der Waals surface area contributed by atoms with Crippen LogP contribution >= 0.6 is 0 Å². The molecule has 1 heterocycles. The van der Waals surface area contributed by atoms with E-state index in [1.165, 1.54) is 6.07 Å². The van der Waals surface area contributed by atoms with Gasteiger partial charge in [0, 0.05) is 30.4 Å². The second kappa shape index (κ2) is 6.70. The molecule has 0 saturated carbocycles. The van der Waals surface area contributed by atoms with Gasteiger partial charge in [0.1, 0.15) is 5.75 Å². The van der Waals surface area contributed by atoms with Crippen molar-refractivity contribution >= 4 is 10.0 Å². The lowest BCUT2D eigenvalue weighted by Gasteiger charge is -2.11. The van der Waals surface area contributed by atoms with E-state index in [0.29, 0.717) is 12.3 Å². The average Bonchev–Trinajstić information content (AvgIpc) is 2.99. The summed E-state index contributed by atoms with van der Waals surface area (Å²) in [6, 6.07) is 4.78. The highest BCUT2D eigenvalue weighted by Crippen LogP contribution is 2.22. The highest BCUT2D eigenvalue weighted by atomic mass is 32.2. The molecule has 2 rings (SSSR count). The van der Waals surface area contributed by atoms with Gasteiger partial charge in [0.05, 0.1) is 18.2 Å². The van der Waals surface area contributed by atoms with E-state index in [0.717, 1.165) is 11.1 Å². The van der Waals surface area contributed by atoms with E-state index in [4.69, 9.17) is 4.74 Å². The maximum absolute atomic E-state index is 12.3. The summed E-state index contributed by atoms with van der Waals surface area (Å²) in [6.07, 6.45) is 3.21. The van der Waals surface area contributed by atoms with Crippen molar-refractivity contribution < 1.29 is 13.2 Å². The van der Waals surface area contributed by atoms with Crippen molar-refractivity contribution in [2.75, 3.05) is 14.2 Å². The van der Waals surface area contributed by atoms with Crippen LogP contribution in [0.1, 0.15) is 11.1 Å². The quantitative estimate of drug-likeness (QED) is 0.696. The molecule has 0 aliphatic rings. The normalized spacial score (nSPS) is 11.5. The molecule has 7 nitrogen and oxygen atoms in total. The summed E-state index contributed by atoms with van der Waals surface area (Å²) >= 11 is 0. The Balaban J connectivity index is 2.20.